The molecular formula is C15H33N. The molecule has 0 amide bonds. The standard InChI is InChI=1S/C15H33N/c1-7-9-10-13(8-2)11-14(16-6)12-15(3,4)5/h13-14,16H,7-12H2,1-6H3. The SMILES string of the molecule is CCCCC(CC)CC(CC(C)(C)C)NC. The average molecular weight is 227 g/mol. The minimum absolute atomic E-state index is 0.441. The Bertz CT molecular complexity index is 157. The first-order chi connectivity index (χ1) is 7.42. The normalized spacial score (nSPS) is 16.1. The van der Waals surface area contributed by atoms with Gasteiger partial charge in [0.2, 0.25) is 0 Å². The summed E-state index contributed by atoms with van der Waals surface area (Å²) in [7, 11) is 2.11. The molecule has 0 aromatic carbocycles. The highest BCUT2D eigenvalue weighted by Gasteiger charge is 2.20. The van der Waals surface area contributed by atoms with E-state index in [2.05, 4.69) is 47.0 Å². The van der Waals surface area contributed by atoms with Crippen molar-refractivity contribution >= 4 is 0 Å². The van der Waals surface area contributed by atoms with Crippen LogP contribution in [0.15, 0.2) is 0 Å². The molecule has 1 nitrogen and oxygen atoms in total. The van der Waals surface area contributed by atoms with Crippen LogP contribution in [0.3, 0.4) is 0 Å². The van der Waals surface area contributed by atoms with Crippen molar-refractivity contribution in [2.45, 2.75) is 79.2 Å². The molecule has 0 bridgehead atoms. The Morgan fingerprint density at radius 2 is 1.75 bits per heavy atom. The van der Waals surface area contributed by atoms with Gasteiger partial charge in [0.05, 0.1) is 0 Å². The predicted octanol–water partition coefficient (Wildman–Crippen LogP) is 4.62. The summed E-state index contributed by atoms with van der Waals surface area (Å²) in [5.41, 5.74) is 0.441. The molecule has 0 heterocycles. The van der Waals surface area contributed by atoms with Crippen LogP contribution in [0.2, 0.25) is 0 Å². The first-order valence-corrected chi connectivity index (χ1v) is 7.10. The van der Waals surface area contributed by atoms with Crippen molar-refractivity contribution < 1.29 is 0 Å². The van der Waals surface area contributed by atoms with Crippen molar-refractivity contribution in [3.05, 3.63) is 0 Å². The number of unbranched alkanes of at least 4 members (excludes halogenated alkanes) is 1. The van der Waals surface area contributed by atoms with E-state index in [0.717, 1.165) is 5.92 Å². The van der Waals surface area contributed by atoms with E-state index in [0.29, 0.717) is 11.5 Å². The third-order valence-corrected chi connectivity index (χ3v) is 3.43. The molecule has 0 spiro atoms. The van der Waals surface area contributed by atoms with E-state index < -0.39 is 0 Å². The maximum absolute atomic E-state index is 3.50. The monoisotopic (exact) mass is 227 g/mol. The molecule has 0 saturated heterocycles. The fraction of sp³-hybridized carbons (Fsp3) is 1.00. The van der Waals surface area contributed by atoms with Crippen molar-refractivity contribution in [2.24, 2.45) is 11.3 Å². The van der Waals surface area contributed by atoms with Crippen molar-refractivity contribution in [3.8, 4) is 0 Å². The van der Waals surface area contributed by atoms with E-state index >= 15 is 0 Å². The zero-order chi connectivity index (χ0) is 12.6. The van der Waals surface area contributed by atoms with Crippen LogP contribution in [-0.4, -0.2) is 13.1 Å². The third kappa shape index (κ3) is 8.15. The zero-order valence-electron chi connectivity index (χ0n) is 12.4. The van der Waals surface area contributed by atoms with Crippen molar-refractivity contribution in [1.29, 1.82) is 0 Å². The van der Waals surface area contributed by atoms with Gasteiger partial charge in [0, 0.05) is 6.04 Å². The van der Waals surface area contributed by atoms with Gasteiger partial charge < -0.3 is 5.32 Å². The molecule has 0 rings (SSSR count). The van der Waals surface area contributed by atoms with Crippen molar-refractivity contribution in [1.82, 2.24) is 5.32 Å². The summed E-state index contributed by atoms with van der Waals surface area (Å²) in [6.07, 6.45) is 8.11. The number of hydrogen-bond donors (Lipinski definition) is 1. The molecule has 0 radical (unpaired) electrons. The number of hydrogen-bond acceptors (Lipinski definition) is 1. The Hall–Kier alpha value is -0.0400. The van der Waals surface area contributed by atoms with Crippen molar-refractivity contribution in [3.63, 3.8) is 0 Å². The van der Waals surface area contributed by atoms with Gasteiger partial charge in [-0.3, -0.25) is 0 Å². The van der Waals surface area contributed by atoms with E-state index in [1.807, 2.05) is 0 Å². The van der Waals surface area contributed by atoms with Gasteiger partial charge in [-0.15, -0.1) is 0 Å². The lowest BCUT2D eigenvalue weighted by Gasteiger charge is -2.28. The van der Waals surface area contributed by atoms with Gasteiger partial charge in [-0.1, -0.05) is 60.3 Å². The van der Waals surface area contributed by atoms with Crippen LogP contribution in [0.4, 0.5) is 0 Å². The third-order valence-electron chi connectivity index (χ3n) is 3.43. The molecule has 0 aromatic rings. The fourth-order valence-electron chi connectivity index (χ4n) is 2.43. The second-order valence-electron chi connectivity index (χ2n) is 6.40. The molecule has 0 aliphatic heterocycles. The maximum Gasteiger partial charge on any atom is 0.00716 e. The first-order valence-electron chi connectivity index (χ1n) is 7.10. The minimum atomic E-state index is 0.441. The van der Waals surface area contributed by atoms with Crippen LogP contribution in [-0.2, 0) is 0 Å². The lowest BCUT2D eigenvalue weighted by molar-refractivity contribution is 0.270. The van der Waals surface area contributed by atoms with Crippen LogP contribution in [0.25, 0.3) is 0 Å². The lowest BCUT2D eigenvalue weighted by atomic mass is 9.83. The Labute approximate surface area is 103 Å². The molecule has 2 atom stereocenters. The van der Waals surface area contributed by atoms with Gasteiger partial charge in [0.15, 0.2) is 0 Å². The van der Waals surface area contributed by atoms with E-state index in [9.17, 15) is 0 Å². The first kappa shape index (κ1) is 16.0. The van der Waals surface area contributed by atoms with E-state index in [1.165, 1.54) is 38.5 Å². The van der Waals surface area contributed by atoms with Crippen LogP contribution in [0, 0.1) is 11.3 Å². The molecule has 0 saturated carbocycles. The second kappa shape index (κ2) is 8.11. The molecule has 2 unspecified atom stereocenters. The molecule has 16 heavy (non-hydrogen) atoms. The van der Waals surface area contributed by atoms with Gasteiger partial charge in [-0.25, -0.2) is 0 Å². The number of nitrogens with one attached hydrogen (secondary N) is 1. The van der Waals surface area contributed by atoms with Gasteiger partial charge in [-0.05, 0) is 31.2 Å². The Kier molecular flexibility index (Phi) is 8.09. The topological polar surface area (TPSA) is 12.0 Å². The Balaban J connectivity index is 4.06. The average Bonchev–Trinajstić information content (AvgIpc) is 2.20. The van der Waals surface area contributed by atoms with Crippen molar-refractivity contribution in [2.75, 3.05) is 7.05 Å². The van der Waals surface area contributed by atoms with E-state index in [1.54, 1.807) is 0 Å². The summed E-state index contributed by atoms with van der Waals surface area (Å²) in [5, 5.41) is 3.50. The molecular weight excluding hydrogens is 194 g/mol. The van der Waals surface area contributed by atoms with E-state index in [4.69, 9.17) is 0 Å². The minimum Gasteiger partial charge on any atom is -0.317 e. The summed E-state index contributed by atoms with van der Waals surface area (Å²) in [6, 6.07) is 0.696. The lowest BCUT2D eigenvalue weighted by Crippen LogP contribution is -2.32. The highest BCUT2D eigenvalue weighted by molar-refractivity contribution is 4.76. The fourth-order valence-corrected chi connectivity index (χ4v) is 2.43. The summed E-state index contributed by atoms with van der Waals surface area (Å²) < 4.78 is 0. The zero-order valence-corrected chi connectivity index (χ0v) is 12.4. The summed E-state index contributed by atoms with van der Waals surface area (Å²) in [5.74, 6) is 0.916. The molecule has 98 valence electrons. The van der Waals surface area contributed by atoms with Crippen LogP contribution in [0.1, 0.15) is 73.1 Å². The van der Waals surface area contributed by atoms with Gasteiger partial charge in [0.1, 0.15) is 0 Å². The molecule has 1 heteroatoms. The molecule has 0 aliphatic carbocycles. The molecule has 0 aromatic heterocycles. The number of rotatable bonds is 8. The summed E-state index contributed by atoms with van der Waals surface area (Å²) >= 11 is 0. The highest BCUT2D eigenvalue weighted by Crippen LogP contribution is 2.26. The van der Waals surface area contributed by atoms with Crippen LogP contribution < -0.4 is 5.32 Å². The van der Waals surface area contributed by atoms with E-state index in [-0.39, 0.29) is 0 Å². The maximum atomic E-state index is 3.50. The van der Waals surface area contributed by atoms with Crippen LogP contribution in [0.5, 0.6) is 0 Å². The quantitative estimate of drug-likeness (QED) is 0.638. The second-order valence-corrected chi connectivity index (χ2v) is 6.40. The van der Waals surface area contributed by atoms with Gasteiger partial charge >= 0.3 is 0 Å². The Morgan fingerprint density at radius 1 is 1.12 bits per heavy atom. The van der Waals surface area contributed by atoms with Gasteiger partial charge in [0.25, 0.3) is 0 Å². The van der Waals surface area contributed by atoms with Crippen LogP contribution >= 0.6 is 0 Å². The molecule has 0 aliphatic rings. The highest BCUT2D eigenvalue weighted by atomic mass is 14.9. The summed E-state index contributed by atoms with van der Waals surface area (Å²) in [4.78, 5) is 0. The van der Waals surface area contributed by atoms with Gasteiger partial charge in [-0.2, -0.15) is 0 Å². The smallest absolute Gasteiger partial charge is 0.00716 e. The summed E-state index contributed by atoms with van der Waals surface area (Å²) in [6.45, 7) is 11.6. The largest absolute Gasteiger partial charge is 0.317 e. The molecule has 0 fully saturated rings. The predicted molar refractivity (Wildman–Crippen MR) is 74.8 cm³/mol. The molecule has 1 N–H and O–H groups in total. The Morgan fingerprint density at radius 3 is 2.12 bits per heavy atom.